The van der Waals surface area contributed by atoms with Crippen molar-refractivity contribution in [2.24, 2.45) is 0 Å². The van der Waals surface area contributed by atoms with Gasteiger partial charge in [0.05, 0.1) is 0 Å². The number of nitrogens with zero attached hydrogens (tertiary/aromatic N) is 2. The predicted octanol–water partition coefficient (Wildman–Crippen LogP) is 3.96. The highest BCUT2D eigenvalue weighted by Crippen LogP contribution is 2.44. The first kappa shape index (κ1) is 16.4. The normalized spacial score (nSPS) is 14.5. The third-order valence-electron chi connectivity index (χ3n) is 4.35. The number of anilines is 1. The average Bonchev–Trinajstić information content (AvgIpc) is 3.36. The van der Waals surface area contributed by atoms with Gasteiger partial charge in [-0.2, -0.15) is 0 Å². The van der Waals surface area contributed by atoms with Crippen LogP contribution in [0.15, 0.2) is 30.6 Å². The molecule has 0 amide bonds. The number of nitrogens with one attached hydrogen (secondary N) is 1. The molecular formula is C19H23N3O2. The van der Waals surface area contributed by atoms with Crippen LogP contribution in [-0.2, 0) is 12.0 Å². The predicted molar refractivity (Wildman–Crippen MR) is 93.4 cm³/mol. The van der Waals surface area contributed by atoms with Crippen LogP contribution < -0.4 is 5.32 Å². The summed E-state index contributed by atoms with van der Waals surface area (Å²) in [6.45, 7) is 7.18. The van der Waals surface area contributed by atoms with Crippen molar-refractivity contribution in [2.45, 2.75) is 51.5 Å². The number of rotatable bonds is 5. The Morgan fingerprint density at radius 3 is 2.42 bits per heavy atom. The molecule has 5 heteroatoms. The summed E-state index contributed by atoms with van der Waals surface area (Å²) < 4.78 is 0. The van der Waals surface area contributed by atoms with Gasteiger partial charge in [0, 0.05) is 12.1 Å². The van der Waals surface area contributed by atoms with Gasteiger partial charge in [0.2, 0.25) is 0 Å². The number of carboxylic acids is 1. The maximum atomic E-state index is 11.4. The quantitative estimate of drug-likeness (QED) is 0.870. The van der Waals surface area contributed by atoms with Gasteiger partial charge in [0.25, 0.3) is 0 Å². The van der Waals surface area contributed by atoms with Crippen LogP contribution >= 0.6 is 0 Å². The van der Waals surface area contributed by atoms with Crippen molar-refractivity contribution in [3.63, 3.8) is 0 Å². The Balaban J connectivity index is 1.77. The molecule has 0 unspecified atom stereocenters. The largest absolute Gasteiger partial charge is 0.476 e. The second kappa shape index (κ2) is 6.23. The van der Waals surface area contributed by atoms with Crippen LogP contribution in [0, 0.1) is 0 Å². The van der Waals surface area contributed by atoms with Crippen molar-refractivity contribution in [1.29, 1.82) is 0 Å². The molecule has 0 bridgehead atoms. The van der Waals surface area contributed by atoms with Gasteiger partial charge < -0.3 is 10.4 Å². The van der Waals surface area contributed by atoms with Crippen LogP contribution in [0.2, 0.25) is 0 Å². The van der Waals surface area contributed by atoms with Crippen molar-refractivity contribution in [3.8, 4) is 0 Å². The van der Waals surface area contributed by atoms with Gasteiger partial charge in [0.1, 0.15) is 12.1 Å². The zero-order chi connectivity index (χ0) is 17.3. The molecule has 5 nitrogen and oxygen atoms in total. The van der Waals surface area contributed by atoms with E-state index in [-0.39, 0.29) is 17.0 Å². The highest BCUT2D eigenvalue weighted by atomic mass is 16.4. The van der Waals surface area contributed by atoms with E-state index in [0.717, 1.165) is 24.0 Å². The van der Waals surface area contributed by atoms with Gasteiger partial charge in [-0.3, -0.25) is 0 Å². The van der Waals surface area contributed by atoms with Crippen LogP contribution in [0.25, 0.3) is 0 Å². The van der Waals surface area contributed by atoms with E-state index >= 15 is 0 Å². The standard InChI is InChI=1S/C19H23N3O2/c1-19(2,3)14-8-4-12(5-9-14)10-20-17-15(13-6-7-13)16(18(23)24)21-11-22-17/h4-5,8-9,11,13H,6-7,10H2,1-3H3,(H,23,24)(H,20,21,22). The summed E-state index contributed by atoms with van der Waals surface area (Å²) in [7, 11) is 0. The molecule has 0 spiro atoms. The molecular weight excluding hydrogens is 302 g/mol. The second-order valence-electron chi connectivity index (χ2n) is 7.36. The Morgan fingerprint density at radius 2 is 1.88 bits per heavy atom. The zero-order valence-corrected chi connectivity index (χ0v) is 14.3. The smallest absolute Gasteiger partial charge is 0.354 e. The van der Waals surface area contributed by atoms with E-state index in [1.54, 1.807) is 0 Å². The van der Waals surface area contributed by atoms with Crippen molar-refractivity contribution < 1.29 is 9.90 Å². The maximum Gasteiger partial charge on any atom is 0.354 e. The van der Waals surface area contributed by atoms with Crippen LogP contribution in [0.3, 0.4) is 0 Å². The van der Waals surface area contributed by atoms with E-state index in [2.05, 4.69) is 60.3 Å². The first-order valence-electron chi connectivity index (χ1n) is 8.27. The van der Waals surface area contributed by atoms with Gasteiger partial charge >= 0.3 is 5.97 Å². The Hall–Kier alpha value is -2.43. The number of benzene rings is 1. The van der Waals surface area contributed by atoms with Gasteiger partial charge in [-0.15, -0.1) is 0 Å². The number of carbonyl (C=O) groups is 1. The molecule has 0 aliphatic heterocycles. The number of carboxylic acid groups (broad SMARTS) is 1. The van der Waals surface area contributed by atoms with E-state index in [1.165, 1.54) is 11.9 Å². The number of hydrogen-bond acceptors (Lipinski definition) is 4. The minimum Gasteiger partial charge on any atom is -0.476 e. The summed E-state index contributed by atoms with van der Waals surface area (Å²) in [5.74, 6) is -0.0789. The second-order valence-corrected chi connectivity index (χ2v) is 7.36. The first-order chi connectivity index (χ1) is 11.4. The van der Waals surface area contributed by atoms with Gasteiger partial charge in [-0.05, 0) is 35.3 Å². The van der Waals surface area contributed by atoms with Crippen LogP contribution in [-0.4, -0.2) is 21.0 Å². The summed E-state index contributed by atoms with van der Waals surface area (Å²) in [5, 5.41) is 12.6. The van der Waals surface area contributed by atoms with E-state index in [0.29, 0.717) is 12.4 Å². The lowest BCUT2D eigenvalue weighted by molar-refractivity contribution is 0.0689. The Kier molecular flexibility index (Phi) is 4.26. The molecule has 2 N–H and O–H groups in total. The molecule has 1 heterocycles. The maximum absolute atomic E-state index is 11.4. The summed E-state index contributed by atoms with van der Waals surface area (Å²) in [5.41, 5.74) is 3.43. The van der Waals surface area contributed by atoms with Crippen LogP contribution in [0.4, 0.5) is 5.82 Å². The monoisotopic (exact) mass is 325 g/mol. The number of aromatic carboxylic acids is 1. The van der Waals surface area contributed by atoms with E-state index < -0.39 is 5.97 Å². The molecule has 126 valence electrons. The minimum atomic E-state index is -0.989. The first-order valence-corrected chi connectivity index (χ1v) is 8.27. The summed E-state index contributed by atoms with van der Waals surface area (Å²) >= 11 is 0. The number of aromatic nitrogens is 2. The highest BCUT2D eigenvalue weighted by molar-refractivity contribution is 5.89. The summed E-state index contributed by atoms with van der Waals surface area (Å²) in [6.07, 6.45) is 3.32. The summed E-state index contributed by atoms with van der Waals surface area (Å²) in [6, 6.07) is 8.48. The Morgan fingerprint density at radius 1 is 1.21 bits per heavy atom. The van der Waals surface area contributed by atoms with Crippen molar-refractivity contribution in [1.82, 2.24) is 9.97 Å². The van der Waals surface area contributed by atoms with Crippen molar-refractivity contribution in [3.05, 3.63) is 53.0 Å². The van der Waals surface area contributed by atoms with Crippen LogP contribution in [0.1, 0.15) is 66.7 Å². The third kappa shape index (κ3) is 3.55. The number of hydrogen-bond donors (Lipinski definition) is 2. The lowest BCUT2D eigenvalue weighted by Gasteiger charge is -2.19. The van der Waals surface area contributed by atoms with E-state index in [1.807, 2.05) is 0 Å². The molecule has 1 aliphatic rings. The van der Waals surface area contributed by atoms with Gasteiger partial charge in [0.15, 0.2) is 5.69 Å². The molecule has 0 radical (unpaired) electrons. The zero-order valence-electron chi connectivity index (χ0n) is 14.3. The lowest BCUT2D eigenvalue weighted by atomic mass is 9.87. The van der Waals surface area contributed by atoms with Crippen molar-refractivity contribution >= 4 is 11.8 Å². The summed E-state index contributed by atoms with van der Waals surface area (Å²) in [4.78, 5) is 19.6. The fourth-order valence-electron chi connectivity index (χ4n) is 2.77. The Labute approximate surface area is 142 Å². The molecule has 24 heavy (non-hydrogen) atoms. The minimum absolute atomic E-state index is 0.123. The molecule has 1 aromatic carbocycles. The molecule has 1 aromatic heterocycles. The molecule has 2 aromatic rings. The van der Waals surface area contributed by atoms with Crippen LogP contribution in [0.5, 0.6) is 0 Å². The molecule has 0 saturated heterocycles. The average molecular weight is 325 g/mol. The molecule has 1 aliphatic carbocycles. The molecule has 0 atom stereocenters. The van der Waals surface area contributed by atoms with Gasteiger partial charge in [-0.25, -0.2) is 14.8 Å². The van der Waals surface area contributed by atoms with E-state index in [9.17, 15) is 9.90 Å². The third-order valence-corrected chi connectivity index (χ3v) is 4.35. The Bertz CT molecular complexity index is 744. The SMILES string of the molecule is CC(C)(C)c1ccc(CNc2ncnc(C(=O)O)c2C2CC2)cc1. The highest BCUT2D eigenvalue weighted by Gasteiger charge is 2.32. The molecule has 3 rings (SSSR count). The van der Waals surface area contributed by atoms with Gasteiger partial charge in [-0.1, -0.05) is 45.0 Å². The van der Waals surface area contributed by atoms with E-state index in [4.69, 9.17) is 0 Å². The fraction of sp³-hybridized carbons (Fsp3) is 0.421. The lowest BCUT2D eigenvalue weighted by Crippen LogP contribution is -2.12. The topological polar surface area (TPSA) is 75.1 Å². The molecule has 1 saturated carbocycles. The fourth-order valence-corrected chi connectivity index (χ4v) is 2.77. The molecule has 1 fully saturated rings. The van der Waals surface area contributed by atoms with Crippen molar-refractivity contribution in [2.75, 3.05) is 5.32 Å².